The first kappa shape index (κ1) is 11.9. The molecule has 0 saturated heterocycles. The Labute approximate surface area is 90.5 Å². The zero-order chi connectivity index (χ0) is 11.4. The van der Waals surface area contributed by atoms with Gasteiger partial charge in [0.15, 0.2) is 0 Å². The molecule has 1 aromatic rings. The van der Waals surface area contributed by atoms with Gasteiger partial charge in [-0.1, -0.05) is 13.8 Å². The number of anilines is 1. The van der Waals surface area contributed by atoms with E-state index in [0.29, 0.717) is 24.0 Å². The summed E-state index contributed by atoms with van der Waals surface area (Å²) in [5.41, 5.74) is 7.40. The van der Waals surface area contributed by atoms with Crippen molar-refractivity contribution in [3.63, 3.8) is 0 Å². The maximum absolute atomic E-state index is 9.89. The standard InChI is InChI=1S/C11H19N3O/c1-7(2)13-6-10(15)9-4-8(3)5-14-11(9)12/h4-5,7,10,13,15H,6H2,1-3H3,(H2,12,14). The van der Waals surface area contributed by atoms with E-state index in [4.69, 9.17) is 5.73 Å². The number of pyridine rings is 1. The quantitative estimate of drug-likeness (QED) is 0.692. The fourth-order valence-electron chi connectivity index (χ4n) is 1.33. The third-order valence-electron chi connectivity index (χ3n) is 2.16. The van der Waals surface area contributed by atoms with Crippen molar-refractivity contribution < 1.29 is 5.11 Å². The number of aromatic nitrogens is 1. The first-order chi connectivity index (χ1) is 7.00. The fourth-order valence-corrected chi connectivity index (χ4v) is 1.33. The Morgan fingerprint density at radius 2 is 2.20 bits per heavy atom. The van der Waals surface area contributed by atoms with E-state index in [9.17, 15) is 5.11 Å². The minimum absolute atomic E-state index is 0.346. The second-order valence-corrected chi connectivity index (χ2v) is 4.07. The maximum Gasteiger partial charge on any atom is 0.129 e. The van der Waals surface area contributed by atoms with Gasteiger partial charge in [0.05, 0.1) is 6.10 Å². The normalized spacial score (nSPS) is 13.1. The van der Waals surface area contributed by atoms with Crippen LogP contribution in [-0.2, 0) is 0 Å². The molecule has 1 rings (SSSR count). The predicted octanol–water partition coefficient (Wildman–Crippen LogP) is 1.00. The van der Waals surface area contributed by atoms with Crippen LogP contribution in [0.1, 0.15) is 31.1 Å². The molecule has 0 aliphatic rings. The first-order valence-electron chi connectivity index (χ1n) is 5.14. The Morgan fingerprint density at radius 3 is 2.80 bits per heavy atom. The van der Waals surface area contributed by atoms with E-state index in [0.717, 1.165) is 5.56 Å². The summed E-state index contributed by atoms with van der Waals surface area (Å²) in [6, 6.07) is 2.22. The molecule has 0 aliphatic heterocycles. The molecule has 84 valence electrons. The molecular weight excluding hydrogens is 190 g/mol. The maximum atomic E-state index is 9.89. The molecule has 0 bridgehead atoms. The number of hydrogen-bond donors (Lipinski definition) is 3. The van der Waals surface area contributed by atoms with Crippen LogP contribution >= 0.6 is 0 Å². The van der Waals surface area contributed by atoms with Gasteiger partial charge in [-0.25, -0.2) is 4.98 Å². The highest BCUT2D eigenvalue weighted by molar-refractivity contribution is 5.42. The fraction of sp³-hybridized carbons (Fsp3) is 0.545. The van der Waals surface area contributed by atoms with Gasteiger partial charge < -0.3 is 16.2 Å². The van der Waals surface area contributed by atoms with Crippen molar-refractivity contribution in [3.05, 3.63) is 23.4 Å². The van der Waals surface area contributed by atoms with Gasteiger partial charge >= 0.3 is 0 Å². The molecule has 4 nitrogen and oxygen atoms in total. The molecule has 0 aliphatic carbocycles. The summed E-state index contributed by atoms with van der Waals surface area (Å²) in [7, 11) is 0. The van der Waals surface area contributed by atoms with Gasteiger partial charge in [0, 0.05) is 24.3 Å². The summed E-state index contributed by atoms with van der Waals surface area (Å²) < 4.78 is 0. The number of aryl methyl sites for hydroxylation is 1. The van der Waals surface area contributed by atoms with Crippen molar-refractivity contribution in [2.24, 2.45) is 0 Å². The Kier molecular flexibility index (Phi) is 4.05. The van der Waals surface area contributed by atoms with E-state index in [2.05, 4.69) is 10.3 Å². The molecule has 0 aromatic carbocycles. The summed E-state index contributed by atoms with van der Waals surface area (Å²) in [6.07, 6.45) is 1.10. The summed E-state index contributed by atoms with van der Waals surface area (Å²) in [5, 5.41) is 13.0. The lowest BCUT2D eigenvalue weighted by atomic mass is 10.1. The molecule has 1 heterocycles. The number of hydrogen-bond acceptors (Lipinski definition) is 4. The summed E-state index contributed by atoms with van der Waals surface area (Å²) in [4.78, 5) is 4.02. The minimum Gasteiger partial charge on any atom is -0.387 e. The van der Waals surface area contributed by atoms with E-state index in [1.165, 1.54) is 0 Å². The van der Waals surface area contributed by atoms with Crippen molar-refractivity contribution in [1.82, 2.24) is 10.3 Å². The second-order valence-electron chi connectivity index (χ2n) is 4.07. The Hall–Kier alpha value is -1.13. The average Bonchev–Trinajstić information content (AvgIpc) is 2.18. The number of nitrogen functional groups attached to an aromatic ring is 1. The highest BCUT2D eigenvalue weighted by atomic mass is 16.3. The third kappa shape index (κ3) is 3.49. The van der Waals surface area contributed by atoms with Crippen LogP contribution in [0.2, 0.25) is 0 Å². The van der Waals surface area contributed by atoms with Crippen LogP contribution in [0.5, 0.6) is 0 Å². The van der Waals surface area contributed by atoms with E-state index < -0.39 is 6.10 Å². The number of aliphatic hydroxyl groups is 1. The van der Waals surface area contributed by atoms with Crippen LogP contribution in [0.25, 0.3) is 0 Å². The van der Waals surface area contributed by atoms with Gasteiger partial charge in [0.2, 0.25) is 0 Å². The molecule has 4 N–H and O–H groups in total. The number of nitrogens with zero attached hydrogens (tertiary/aromatic N) is 1. The van der Waals surface area contributed by atoms with Gasteiger partial charge in [0.1, 0.15) is 5.82 Å². The summed E-state index contributed by atoms with van der Waals surface area (Å²) in [5.74, 6) is 0.402. The monoisotopic (exact) mass is 209 g/mol. The Bertz CT molecular complexity index is 326. The number of rotatable bonds is 4. The molecule has 0 amide bonds. The van der Waals surface area contributed by atoms with Crippen molar-refractivity contribution >= 4 is 5.82 Å². The van der Waals surface area contributed by atoms with Crippen LogP contribution in [-0.4, -0.2) is 22.7 Å². The second kappa shape index (κ2) is 5.09. The lowest BCUT2D eigenvalue weighted by molar-refractivity contribution is 0.172. The van der Waals surface area contributed by atoms with E-state index >= 15 is 0 Å². The van der Waals surface area contributed by atoms with Crippen molar-refractivity contribution in [2.45, 2.75) is 32.9 Å². The van der Waals surface area contributed by atoms with Gasteiger partial charge in [-0.05, 0) is 18.6 Å². The highest BCUT2D eigenvalue weighted by Crippen LogP contribution is 2.18. The first-order valence-corrected chi connectivity index (χ1v) is 5.14. The molecule has 0 fully saturated rings. The van der Waals surface area contributed by atoms with Gasteiger partial charge in [-0.15, -0.1) is 0 Å². The highest BCUT2D eigenvalue weighted by Gasteiger charge is 2.12. The third-order valence-corrected chi connectivity index (χ3v) is 2.16. The van der Waals surface area contributed by atoms with Crippen LogP contribution in [0, 0.1) is 6.92 Å². The van der Waals surface area contributed by atoms with Crippen LogP contribution in [0.3, 0.4) is 0 Å². The van der Waals surface area contributed by atoms with E-state index in [-0.39, 0.29) is 0 Å². The molecule has 0 radical (unpaired) electrons. The SMILES string of the molecule is Cc1cnc(N)c(C(O)CNC(C)C)c1. The van der Waals surface area contributed by atoms with Crippen molar-refractivity contribution in [2.75, 3.05) is 12.3 Å². The molecule has 1 aromatic heterocycles. The molecule has 1 atom stereocenters. The van der Waals surface area contributed by atoms with Crippen molar-refractivity contribution in [1.29, 1.82) is 0 Å². The average molecular weight is 209 g/mol. The van der Waals surface area contributed by atoms with Gasteiger partial charge in [-0.3, -0.25) is 0 Å². The Balaban J connectivity index is 2.72. The molecule has 15 heavy (non-hydrogen) atoms. The zero-order valence-electron chi connectivity index (χ0n) is 9.49. The zero-order valence-corrected chi connectivity index (χ0v) is 9.49. The van der Waals surface area contributed by atoms with E-state index in [1.54, 1.807) is 6.20 Å². The summed E-state index contributed by atoms with van der Waals surface area (Å²) >= 11 is 0. The smallest absolute Gasteiger partial charge is 0.129 e. The van der Waals surface area contributed by atoms with E-state index in [1.807, 2.05) is 26.8 Å². The molecular formula is C11H19N3O. The minimum atomic E-state index is -0.597. The number of nitrogens with two attached hydrogens (primary N) is 1. The molecule has 0 saturated carbocycles. The van der Waals surface area contributed by atoms with Gasteiger partial charge in [0.25, 0.3) is 0 Å². The van der Waals surface area contributed by atoms with Crippen LogP contribution in [0.4, 0.5) is 5.82 Å². The number of nitrogens with one attached hydrogen (secondary N) is 1. The predicted molar refractivity (Wildman–Crippen MR) is 61.5 cm³/mol. The molecule has 1 unspecified atom stereocenters. The lowest BCUT2D eigenvalue weighted by Crippen LogP contribution is -2.28. The molecule has 0 spiro atoms. The summed E-state index contributed by atoms with van der Waals surface area (Å²) in [6.45, 7) is 6.49. The van der Waals surface area contributed by atoms with Crippen LogP contribution < -0.4 is 11.1 Å². The lowest BCUT2D eigenvalue weighted by Gasteiger charge is -2.15. The van der Waals surface area contributed by atoms with Crippen LogP contribution in [0.15, 0.2) is 12.3 Å². The Morgan fingerprint density at radius 1 is 1.53 bits per heavy atom. The molecule has 4 heteroatoms. The number of aliphatic hydroxyl groups excluding tert-OH is 1. The van der Waals surface area contributed by atoms with Gasteiger partial charge in [-0.2, -0.15) is 0 Å². The largest absolute Gasteiger partial charge is 0.387 e. The topological polar surface area (TPSA) is 71.2 Å². The van der Waals surface area contributed by atoms with Crippen molar-refractivity contribution in [3.8, 4) is 0 Å².